The molecule has 0 N–H and O–H groups in total. The number of hydrogen-bond acceptors (Lipinski definition) is 4. The highest BCUT2D eigenvalue weighted by molar-refractivity contribution is 6.28. The maximum atomic E-state index is 11.7. The van der Waals surface area contributed by atoms with E-state index in [-0.39, 0.29) is 11.7 Å². The molecule has 0 aliphatic rings. The van der Waals surface area contributed by atoms with E-state index in [0.717, 1.165) is 30.8 Å². The molecule has 0 fully saturated rings. The van der Waals surface area contributed by atoms with Gasteiger partial charge in [-0.15, -0.1) is 11.6 Å². The van der Waals surface area contributed by atoms with Crippen LogP contribution in [0.1, 0.15) is 25.3 Å². The lowest BCUT2D eigenvalue weighted by atomic mass is 10.0. The van der Waals surface area contributed by atoms with E-state index in [1.807, 2.05) is 24.3 Å². The minimum Gasteiger partial charge on any atom is -0.560 e. The number of rotatable bonds is 10. The predicted octanol–water partition coefficient (Wildman–Crippen LogP) is 2.18. The number of Topliss-reactive ketones (excluding diaryl/α,β-unsaturated/α-hetero) is 1. The SMILES string of the molecule is BOC=N[C@@H](Cc1ccc(OCCCC)cc1)C(=O)CCl. The molecule has 1 atom stereocenters. The lowest BCUT2D eigenvalue weighted by molar-refractivity contribution is -0.117. The van der Waals surface area contributed by atoms with E-state index >= 15 is 0 Å². The second kappa shape index (κ2) is 10.3. The third-order valence-electron chi connectivity index (χ3n) is 2.97. The van der Waals surface area contributed by atoms with E-state index in [9.17, 15) is 4.79 Å². The van der Waals surface area contributed by atoms with Crippen LogP contribution in [0.4, 0.5) is 0 Å². The van der Waals surface area contributed by atoms with Gasteiger partial charge in [0, 0.05) is 6.42 Å². The maximum Gasteiger partial charge on any atom is 0.323 e. The first-order valence-electron chi connectivity index (χ1n) is 7.06. The van der Waals surface area contributed by atoms with Gasteiger partial charge in [-0.05, 0) is 24.1 Å². The Morgan fingerprint density at radius 2 is 2.14 bits per heavy atom. The summed E-state index contributed by atoms with van der Waals surface area (Å²) in [5.74, 6) is 0.672. The van der Waals surface area contributed by atoms with E-state index in [1.54, 1.807) is 0 Å². The molecule has 21 heavy (non-hydrogen) atoms. The molecule has 4 nitrogen and oxygen atoms in total. The smallest absolute Gasteiger partial charge is 0.323 e. The van der Waals surface area contributed by atoms with Gasteiger partial charge in [0.05, 0.1) is 12.5 Å². The average Bonchev–Trinajstić information content (AvgIpc) is 2.52. The van der Waals surface area contributed by atoms with Crippen LogP contribution in [0, 0.1) is 0 Å². The minimum absolute atomic E-state index is 0.0517. The van der Waals surface area contributed by atoms with E-state index in [2.05, 4.69) is 11.9 Å². The van der Waals surface area contributed by atoms with Gasteiger partial charge in [0.25, 0.3) is 0 Å². The van der Waals surface area contributed by atoms with Crippen LogP contribution in [0.2, 0.25) is 0 Å². The quantitative estimate of drug-likeness (QED) is 0.219. The summed E-state index contributed by atoms with van der Waals surface area (Å²) in [7, 11) is 1.49. The number of carbonyl (C=O) groups is 1. The molecule has 6 heteroatoms. The van der Waals surface area contributed by atoms with Gasteiger partial charge in [0.2, 0.25) is 0 Å². The van der Waals surface area contributed by atoms with Crippen molar-refractivity contribution in [1.29, 1.82) is 0 Å². The Kier molecular flexibility index (Phi) is 8.59. The number of halogens is 1. The highest BCUT2D eigenvalue weighted by Gasteiger charge is 2.16. The number of benzene rings is 1. The Labute approximate surface area is 131 Å². The molecule has 1 aromatic carbocycles. The molecule has 1 rings (SSSR count). The first-order valence-corrected chi connectivity index (χ1v) is 7.59. The molecule has 0 aliphatic heterocycles. The van der Waals surface area contributed by atoms with Crippen LogP contribution >= 0.6 is 11.6 Å². The van der Waals surface area contributed by atoms with Crippen LogP contribution in [0.3, 0.4) is 0 Å². The summed E-state index contributed by atoms with van der Waals surface area (Å²) in [6, 6.07) is 7.20. The number of ketones is 1. The van der Waals surface area contributed by atoms with E-state index < -0.39 is 6.04 Å². The zero-order valence-corrected chi connectivity index (χ0v) is 13.3. The number of nitrogens with zero attached hydrogens (tertiary/aromatic N) is 1. The first-order chi connectivity index (χ1) is 10.2. The topological polar surface area (TPSA) is 47.9 Å². The number of aliphatic imine (C=N–C) groups is 1. The van der Waals surface area contributed by atoms with Crippen molar-refractivity contribution >= 4 is 31.8 Å². The van der Waals surface area contributed by atoms with Crippen LogP contribution < -0.4 is 4.74 Å². The van der Waals surface area contributed by atoms with Gasteiger partial charge < -0.3 is 9.39 Å². The molecule has 0 unspecified atom stereocenters. The van der Waals surface area contributed by atoms with Crippen molar-refractivity contribution in [3.63, 3.8) is 0 Å². The van der Waals surface area contributed by atoms with E-state index in [1.165, 1.54) is 14.4 Å². The average molecular weight is 310 g/mol. The minimum atomic E-state index is -0.505. The van der Waals surface area contributed by atoms with Crippen LogP contribution in [0.25, 0.3) is 0 Å². The van der Waals surface area contributed by atoms with Crippen molar-refractivity contribution in [2.45, 2.75) is 32.2 Å². The number of unbranched alkanes of at least 4 members (excludes halogenated alkanes) is 1. The summed E-state index contributed by atoms with van der Waals surface area (Å²) < 4.78 is 10.4. The standard InChI is InChI=1S/C15H21BClNO3/c1-2-3-8-20-13-6-4-12(5-7-13)9-14(15(19)10-17)18-11-21-16/h4-7,11,14H,2-3,8-10,16H2,1H3/t14-/m0/s1. The van der Waals surface area contributed by atoms with Crippen molar-refractivity contribution in [3.05, 3.63) is 29.8 Å². The number of carbonyl (C=O) groups excluding carboxylic acids is 1. The molecule has 0 radical (unpaired) electrons. The van der Waals surface area contributed by atoms with E-state index in [0.29, 0.717) is 6.42 Å². The van der Waals surface area contributed by atoms with Gasteiger partial charge in [0.15, 0.2) is 12.2 Å². The van der Waals surface area contributed by atoms with Gasteiger partial charge in [-0.25, -0.2) is 4.99 Å². The molecule has 0 amide bonds. The second-order valence-electron chi connectivity index (χ2n) is 4.66. The fourth-order valence-corrected chi connectivity index (χ4v) is 1.93. The molecule has 0 aromatic heterocycles. The monoisotopic (exact) mass is 309 g/mol. The van der Waals surface area contributed by atoms with E-state index in [4.69, 9.17) is 21.0 Å². The summed E-state index contributed by atoms with van der Waals surface area (Å²) >= 11 is 5.60. The molecular weight excluding hydrogens is 288 g/mol. The summed E-state index contributed by atoms with van der Waals surface area (Å²) in [5, 5.41) is 0. The number of alkyl halides is 1. The number of hydrogen-bond donors (Lipinski definition) is 0. The molecule has 114 valence electrons. The Morgan fingerprint density at radius 3 is 2.71 bits per heavy atom. The highest BCUT2D eigenvalue weighted by Crippen LogP contribution is 2.15. The predicted molar refractivity (Wildman–Crippen MR) is 88.2 cm³/mol. The zero-order chi connectivity index (χ0) is 15.5. The number of ether oxygens (including phenoxy) is 1. The van der Waals surface area contributed by atoms with Gasteiger partial charge in [-0.3, -0.25) is 4.79 Å². The lowest BCUT2D eigenvalue weighted by Gasteiger charge is -2.11. The van der Waals surface area contributed by atoms with Gasteiger partial charge in [-0.1, -0.05) is 25.5 Å². The van der Waals surface area contributed by atoms with Crippen molar-refractivity contribution < 1.29 is 14.2 Å². The highest BCUT2D eigenvalue weighted by atomic mass is 35.5. The zero-order valence-electron chi connectivity index (χ0n) is 12.5. The van der Waals surface area contributed by atoms with Crippen LogP contribution in [0.15, 0.2) is 29.3 Å². The Balaban J connectivity index is 2.62. The van der Waals surface area contributed by atoms with Gasteiger partial charge >= 0.3 is 8.05 Å². The fraction of sp³-hybridized carbons (Fsp3) is 0.467. The van der Waals surface area contributed by atoms with Crippen molar-refractivity contribution in [2.75, 3.05) is 12.5 Å². The van der Waals surface area contributed by atoms with Gasteiger partial charge in [-0.2, -0.15) is 0 Å². The lowest BCUT2D eigenvalue weighted by Crippen LogP contribution is -2.23. The molecule has 0 saturated heterocycles. The summed E-state index contributed by atoms with van der Waals surface area (Å²) in [4.78, 5) is 15.8. The largest absolute Gasteiger partial charge is 0.560 e. The van der Waals surface area contributed by atoms with Crippen LogP contribution in [0.5, 0.6) is 5.75 Å². The molecule has 0 bridgehead atoms. The van der Waals surface area contributed by atoms with Gasteiger partial charge in [0.1, 0.15) is 11.8 Å². The Hall–Kier alpha value is -1.49. The Morgan fingerprint density at radius 1 is 1.43 bits per heavy atom. The molecule has 0 saturated carbocycles. The molecule has 1 aromatic rings. The summed E-state index contributed by atoms with van der Waals surface area (Å²) in [6.07, 6.45) is 3.93. The third-order valence-corrected chi connectivity index (χ3v) is 3.23. The molecule has 0 heterocycles. The van der Waals surface area contributed by atoms with Crippen molar-refractivity contribution in [1.82, 2.24) is 0 Å². The molecule has 0 aliphatic carbocycles. The third kappa shape index (κ3) is 6.67. The normalized spacial score (nSPS) is 12.3. The molecule has 0 spiro atoms. The van der Waals surface area contributed by atoms with Crippen molar-refractivity contribution in [3.8, 4) is 5.75 Å². The Bertz CT molecular complexity index is 451. The first kappa shape index (κ1) is 17.6. The van der Waals surface area contributed by atoms with Crippen molar-refractivity contribution in [2.24, 2.45) is 4.99 Å². The summed E-state index contributed by atoms with van der Waals surface area (Å²) in [6.45, 7) is 2.85. The fourth-order valence-electron chi connectivity index (χ4n) is 1.75. The molecular formula is C15H21BClNO3. The maximum absolute atomic E-state index is 11.7. The summed E-state index contributed by atoms with van der Waals surface area (Å²) in [5.41, 5.74) is 1.01. The second-order valence-corrected chi connectivity index (χ2v) is 4.92. The van der Waals surface area contributed by atoms with Crippen LogP contribution in [-0.2, 0) is 15.9 Å². The van der Waals surface area contributed by atoms with Crippen LogP contribution in [-0.4, -0.2) is 38.8 Å².